The van der Waals surface area contributed by atoms with Gasteiger partial charge in [-0.2, -0.15) is 8.78 Å². The molecule has 0 heterocycles. The molecule has 0 aliphatic rings. The van der Waals surface area contributed by atoms with Crippen molar-refractivity contribution in [3.8, 4) is 0 Å². The van der Waals surface area contributed by atoms with Crippen molar-refractivity contribution in [3.63, 3.8) is 0 Å². The monoisotopic (exact) mass is 217 g/mol. The molecule has 0 saturated carbocycles. The number of nitrogens with two attached hydrogens (primary N) is 1. The van der Waals surface area contributed by atoms with Gasteiger partial charge in [0.1, 0.15) is 0 Å². The van der Waals surface area contributed by atoms with Gasteiger partial charge in [-0.25, -0.2) is 0 Å². The first-order valence-corrected chi connectivity index (χ1v) is 5.40. The maximum absolute atomic E-state index is 13.3. The Morgan fingerprint density at radius 2 is 2.00 bits per heavy atom. The standard InChI is InChI=1S/C10H13F2NS/c1-2-14-9-6-4-3-5-8(9)10(11,12)7-13/h3-6H,2,7,13H2,1H3. The van der Waals surface area contributed by atoms with E-state index in [-0.39, 0.29) is 5.56 Å². The lowest BCUT2D eigenvalue weighted by atomic mass is 10.1. The zero-order chi connectivity index (χ0) is 10.6. The maximum Gasteiger partial charge on any atom is 0.286 e. The molecule has 1 aromatic carbocycles. The third-order valence-corrected chi connectivity index (χ3v) is 2.79. The van der Waals surface area contributed by atoms with E-state index in [0.29, 0.717) is 4.90 Å². The van der Waals surface area contributed by atoms with Crippen molar-refractivity contribution in [1.29, 1.82) is 0 Å². The van der Waals surface area contributed by atoms with Crippen LogP contribution in [0.4, 0.5) is 8.78 Å². The van der Waals surface area contributed by atoms with Gasteiger partial charge in [0.15, 0.2) is 0 Å². The van der Waals surface area contributed by atoms with Gasteiger partial charge in [0.2, 0.25) is 0 Å². The zero-order valence-corrected chi connectivity index (χ0v) is 8.78. The van der Waals surface area contributed by atoms with Crippen molar-refractivity contribution in [2.75, 3.05) is 12.3 Å². The maximum atomic E-state index is 13.3. The molecule has 0 saturated heterocycles. The van der Waals surface area contributed by atoms with Crippen LogP contribution in [0.25, 0.3) is 0 Å². The Kier molecular flexibility index (Phi) is 3.89. The molecule has 0 atom stereocenters. The molecule has 0 unspecified atom stereocenters. The summed E-state index contributed by atoms with van der Waals surface area (Å²) in [6.07, 6.45) is 0. The third kappa shape index (κ3) is 2.45. The third-order valence-electron chi connectivity index (χ3n) is 1.84. The van der Waals surface area contributed by atoms with Gasteiger partial charge in [0, 0.05) is 10.5 Å². The van der Waals surface area contributed by atoms with Gasteiger partial charge in [0.25, 0.3) is 5.92 Å². The van der Waals surface area contributed by atoms with Gasteiger partial charge in [-0.1, -0.05) is 25.1 Å². The fourth-order valence-corrected chi connectivity index (χ4v) is 2.02. The number of thioether (sulfide) groups is 1. The molecule has 0 amide bonds. The highest BCUT2D eigenvalue weighted by Crippen LogP contribution is 2.34. The summed E-state index contributed by atoms with van der Waals surface area (Å²) in [6.45, 7) is 1.29. The Hall–Kier alpha value is -0.610. The Morgan fingerprint density at radius 3 is 2.57 bits per heavy atom. The summed E-state index contributed by atoms with van der Waals surface area (Å²) in [5.74, 6) is -2.14. The summed E-state index contributed by atoms with van der Waals surface area (Å²) in [7, 11) is 0. The highest BCUT2D eigenvalue weighted by Gasteiger charge is 2.31. The first-order chi connectivity index (χ1) is 6.61. The van der Waals surface area contributed by atoms with Crippen LogP contribution in [0, 0.1) is 0 Å². The van der Waals surface area contributed by atoms with E-state index in [1.54, 1.807) is 18.2 Å². The summed E-state index contributed by atoms with van der Waals surface area (Å²) in [6, 6.07) is 6.50. The normalized spacial score (nSPS) is 11.7. The molecule has 78 valence electrons. The van der Waals surface area contributed by atoms with E-state index in [4.69, 9.17) is 5.73 Å². The number of benzene rings is 1. The lowest BCUT2D eigenvalue weighted by Gasteiger charge is -2.17. The smallest absolute Gasteiger partial charge is 0.286 e. The van der Waals surface area contributed by atoms with Gasteiger partial charge < -0.3 is 5.73 Å². The zero-order valence-electron chi connectivity index (χ0n) is 7.97. The minimum Gasteiger partial charge on any atom is -0.325 e. The number of alkyl halides is 2. The van der Waals surface area contributed by atoms with E-state index in [1.807, 2.05) is 6.92 Å². The van der Waals surface area contributed by atoms with Crippen molar-refractivity contribution < 1.29 is 8.78 Å². The van der Waals surface area contributed by atoms with Gasteiger partial charge in [0.05, 0.1) is 6.54 Å². The van der Waals surface area contributed by atoms with Gasteiger partial charge in [-0.15, -0.1) is 11.8 Å². The van der Waals surface area contributed by atoms with Gasteiger partial charge in [-0.05, 0) is 11.8 Å². The van der Waals surface area contributed by atoms with Crippen molar-refractivity contribution in [2.24, 2.45) is 5.73 Å². The first-order valence-electron chi connectivity index (χ1n) is 4.42. The molecule has 0 aliphatic heterocycles. The van der Waals surface area contributed by atoms with Gasteiger partial charge >= 0.3 is 0 Å². The van der Waals surface area contributed by atoms with Crippen LogP contribution < -0.4 is 5.73 Å². The summed E-state index contributed by atoms with van der Waals surface area (Å²) < 4.78 is 26.7. The topological polar surface area (TPSA) is 26.0 Å². The van der Waals surface area contributed by atoms with Crippen molar-refractivity contribution in [2.45, 2.75) is 17.7 Å². The molecule has 0 fully saturated rings. The Labute approximate surface area is 86.7 Å². The van der Waals surface area contributed by atoms with E-state index >= 15 is 0 Å². The molecule has 2 N–H and O–H groups in total. The molecule has 0 radical (unpaired) electrons. The van der Waals surface area contributed by atoms with E-state index in [1.165, 1.54) is 17.8 Å². The Bertz CT molecular complexity index is 302. The van der Waals surface area contributed by atoms with Crippen LogP contribution in [0.1, 0.15) is 12.5 Å². The summed E-state index contributed by atoms with van der Waals surface area (Å²) in [4.78, 5) is 0.616. The predicted octanol–water partition coefficient (Wildman–Crippen LogP) is 2.85. The second-order valence-corrected chi connectivity index (χ2v) is 4.14. The summed E-state index contributed by atoms with van der Waals surface area (Å²) >= 11 is 1.41. The number of hydrogen-bond donors (Lipinski definition) is 1. The SMILES string of the molecule is CCSc1ccccc1C(F)(F)CN. The summed E-state index contributed by atoms with van der Waals surface area (Å²) in [5, 5.41) is 0. The van der Waals surface area contributed by atoms with E-state index in [0.717, 1.165) is 5.75 Å². The number of halogens is 2. The molecule has 1 rings (SSSR count). The fraction of sp³-hybridized carbons (Fsp3) is 0.400. The van der Waals surface area contributed by atoms with Crippen LogP contribution in [0.15, 0.2) is 29.2 Å². The molecule has 0 aliphatic carbocycles. The molecule has 0 aromatic heterocycles. The second kappa shape index (κ2) is 4.75. The van der Waals surface area contributed by atoms with E-state index in [2.05, 4.69) is 0 Å². The lowest BCUT2D eigenvalue weighted by molar-refractivity contribution is 0.00322. The molecule has 1 aromatic rings. The minimum atomic E-state index is -2.92. The quantitative estimate of drug-likeness (QED) is 0.785. The number of rotatable bonds is 4. The second-order valence-electron chi connectivity index (χ2n) is 2.84. The average molecular weight is 217 g/mol. The largest absolute Gasteiger partial charge is 0.325 e. The molecule has 4 heteroatoms. The van der Waals surface area contributed by atoms with Crippen LogP contribution in [-0.2, 0) is 5.92 Å². The van der Waals surface area contributed by atoms with Gasteiger partial charge in [-0.3, -0.25) is 0 Å². The first kappa shape index (κ1) is 11.5. The van der Waals surface area contributed by atoms with Crippen molar-refractivity contribution in [1.82, 2.24) is 0 Å². The van der Waals surface area contributed by atoms with Crippen LogP contribution >= 0.6 is 11.8 Å². The van der Waals surface area contributed by atoms with Crippen LogP contribution in [0.3, 0.4) is 0 Å². The molecule has 14 heavy (non-hydrogen) atoms. The minimum absolute atomic E-state index is 0.0364. The molecular weight excluding hydrogens is 204 g/mol. The van der Waals surface area contributed by atoms with Crippen LogP contribution in [-0.4, -0.2) is 12.3 Å². The number of hydrogen-bond acceptors (Lipinski definition) is 2. The summed E-state index contributed by atoms with van der Waals surface area (Å²) in [5.41, 5.74) is 5.08. The molecular formula is C10H13F2NS. The molecule has 0 bridgehead atoms. The Morgan fingerprint density at radius 1 is 1.36 bits per heavy atom. The van der Waals surface area contributed by atoms with E-state index in [9.17, 15) is 8.78 Å². The molecule has 1 nitrogen and oxygen atoms in total. The van der Waals surface area contributed by atoms with Crippen molar-refractivity contribution >= 4 is 11.8 Å². The highest BCUT2D eigenvalue weighted by atomic mass is 32.2. The van der Waals surface area contributed by atoms with Crippen LogP contribution in [0.2, 0.25) is 0 Å². The lowest BCUT2D eigenvalue weighted by Crippen LogP contribution is -2.25. The van der Waals surface area contributed by atoms with Crippen molar-refractivity contribution in [3.05, 3.63) is 29.8 Å². The van der Waals surface area contributed by atoms with Crippen LogP contribution in [0.5, 0.6) is 0 Å². The Balaban J connectivity index is 3.06. The highest BCUT2D eigenvalue weighted by molar-refractivity contribution is 7.99. The predicted molar refractivity (Wildman–Crippen MR) is 55.8 cm³/mol. The van der Waals surface area contributed by atoms with E-state index < -0.39 is 12.5 Å². The average Bonchev–Trinajstić information content (AvgIpc) is 2.19. The molecule has 0 spiro atoms. The fourth-order valence-electron chi connectivity index (χ4n) is 1.16.